The van der Waals surface area contributed by atoms with E-state index in [0.717, 1.165) is 73.2 Å². The van der Waals surface area contributed by atoms with E-state index in [1.165, 1.54) is 6.42 Å². The summed E-state index contributed by atoms with van der Waals surface area (Å²) in [6.07, 6.45) is 9.93. The third kappa shape index (κ3) is 7.47. The largest absolute Gasteiger partial charge is 0.365 e. The minimum Gasteiger partial charge on any atom is -0.341 e. The van der Waals surface area contributed by atoms with Crippen molar-refractivity contribution < 1.29 is 24.0 Å². The van der Waals surface area contributed by atoms with Gasteiger partial charge in [-0.05, 0) is 74.2 Å². The van der Waals surface area contributed by atoms with Crippen LogP contribution in [0.1, 0.15) is 116 Å². The highest BCUT2D eigenvalue weighted by atomic mass is 16.7. The molecule has 7 heteroatoms. The molecule has 0 radical (unpaired) electrons. The van der Waals surface area contributed by atoms with Crippen molar-refractivity contribution in [2.45, 2.75) is 91.0 Å². The van der Waals surface area contributed by atoms with Crippen molar-refractivity contribution in [3.05, 3.63) is 83.4 Å². The SMILES string of the molecule is CCCCCCC(=NOC(=O)c1ccccc1)C(=O)c1ccc2c(c1)c1cc(C(=O)C(=O)CC3CCCCC3)ccc1n2CC. The van der Waals surface area contributed by atoms with Crippen LogP contribution in [-0.4, -0.2) is 33.6 Å². The number of rotatable bonds is 14. The lowest BCUT2D eigenvalue weighted by Crippen LogP contribution is -2.19. The number of carbonyl (C=O) groups is 4. The van der Waals surface area contributed by atoms with Crippen molar-refractivity contribution in [3.63, 3.8) is 0 Å². The summed E-state index contributed by atoms with van der Waals surface area (Å²) in [4.78, 5) is 57.9. The lowest BCUT2D eigenvalue weighted by atomic mass is 9.84. The Kier molecular flexibility index (Phi) is 10.7. The molecule has 1 fully saturated rings. The van der Waals surface area contributed by atoms with Crippen LogP contribution < -0.4 is 0 Å². The Balaban J connectivity index is 1.45. The van der Waals surface area contributed by atoms with Crippen molar-refractivity contribution >= 4 is 50.8 Å². The number of benzene rings is 3. The number of Topliss-reactive ketones (excluding diaryl/α,β-unsaturated/α-hetero) is 3. The summed E-state index contributed by atoms with van der Waals surface area (Å²) in [5.41, 5.74) is 3.21. The molecule has 1 saturated carbocycles. The van der Waals surface area contributed by atoms with Crippen LogP contribution in [0.4, 0.5) is 0 Å². The first-order chi connectivity index (χ1) is 21.9. The fourth-order valence-corrected chi connectivity index (χ4v) is 6.44. The predicted molar refractivity (Wildman–Crippen MR) is 178 cm³/mol. The van der Waals surface area contributed by atoms with E-state index in [0.29, 0.717) is 42.0 Å². The van der Waals surface area contributed by atoms with Crippen LogP contribution in [0.5, 0.6) is 0 Å². The van der Waals surface area contributed by atoms with Gasteiger partial charge < -0.3 is 9.40 Å². The van der Waals surface area contributed by atoms with Gasteiger partial charge >= 0.3 is 5.97 Å². The maximum absolute atomic E-state index is 13.8. The van der Waals surface area contributed by atoms with Crippen LogP contribution in [0.25, 0.3) is 21.8 Å². The molecule has 0 bridgehead atoms. The van der Waals surface area contributed by atoms with Crippen LogP contribution in [0.15, 0.2) is 71.9 Å². The Morgan fingerprint density at radius 3 is 2.02 bits per heavy atom. The molecule has 1 aliphatic rings. The van der Waals surface area contributed by atoms with Gasteiger partial charge in [-0.3, -0.25) is 14.4 Å². The third-order valence-electron chi connectivity index (χ3n) is 8.94. The van der Waals surface area contributed by atoms with Crippen LogP contribution in [-0.2, 0) is 16.2 Å². The predicted octanol–water partition coefficient (Wildman–Crippen LogP) is 8.90. The zero-order chi connectivity index (χ0) is 31.8. The summed E-state index contributed by atoms with van der Waals surface area (Å²) in [6.45, 7) is 4.86. The number of carbonyl (C=O) groups excluding carboxylic acids is 4. The summed E-state index contributed by atoms with van der Waals surface area (Å²) in [6, 6.07) is 19.5. The number of ketones is 3. The van der Waals surface area contributed by atoms with Gasteiger partial charge in [-0.25, -0.2) is 4.79 Å². The van der Waals surface area contributed by atoms with Crippen molar-refractivity contribution in [3.8, 4) is 0 Å². The minimum absolute atomic E-state index is 0.193. The average Bonchev–Trinajstić information content (AvgIpc) is 3.40. The number of oxime groups is 1. The summed E-state index contributed by atoms with van der Waals surface area (Å²) in [5.74, 6) is -1.41. The highest BCUT2D eigenvalue weighted by Crippen LogP contribution is 2.32. The fourth-order valence-electron chi connectivity index (χ4n) is 6.44. The molecular formula is C38H42N2O5. The number of fused-ring (bicyclic) bond motifs is 3. The molecule has 234 valence electrons. The van der Waals surface area contributed by atoms with Gasteiger partial charge in [0.05, 0.1) is 5.56 Å². The molecule has 7 nitrogen and oxygen atoms in total. The number of hydrogen-bond donors (Lipinski definition) is 0. The fraction of sp³-hybridized carbons (Fsp3) is 0.395. The van der Waals surface area contributed by atoms with Gasteiger partial charge in [-0.1, -0.05) is 81.6 Å². The van der Waals surface area contributed by atoms with Crippen LogP contribution >= 0.6 is 0 Å². The topological polar surface area (TPSA) is 94.8 Å². The van der Waals surface area contributed by atoms with E-state index in [9.17, 15) is 19.2 Å². The first-order valence-electron chi connectivity index (χ1n) is 16.4. The first kappa shape index (κ1) is 32.0. The maximum atomic E-state index is 13.8. The summed E-state index contributed by atoms with van der Waals surface area (Å²) < 4.78 is 2.14. The van der Waals surface area contributed by atoms with Crippen LogP contribution in [0, 0.1) is 5.92 Å². The van der Waals surface area contributed by atoms with Crippen LogP contribution in [0.2, 0.25) is 0 Å². The monoisotopic (exact) mass is 606 g/mol. The Morgan fingerprint density at radius 1 is 0.756 bits per heavy atom. The molecule has 4 aromatic rings. The van der Waals surface area contributed by atoms with Gasteiger partial charge in [0.25, 0.3) is 0 Å². The lowest BCUT2D eigenvalue weighted by molar-refractivity contribution is -0.116. The van der Waals surface area contributed by atoms with E-state index in [4.69, 9.17) is 4.84 Å². The second-order valence-electron chi connectivity index (χ2n) is 12.1. The number of unbranched alkanes of at least 4 members (excludes halogenated alkanes) is 3. The Bertz CT molecular complexity index is 1730. The molecule has 1 heterocycles. The average molecular weight is 607 g/mol. The molecule has 3 aromatic carbocycles. The maximum Gasteiger partial charge on any atom is 0.365 e. The lowest BCUT2D eigenvalue weighted by Gasteiger charge is -2.20. The summed E-state index contributed by atoms with van der Waals surface area (Å²) in [7, 11) is 0. The molecule has 0 spiro atoms. The van der Waals surface area contributed by atoms with Gasteiger partial charge in [0.1, 0.15) is 5.71 Å². The molecule has 0 N–H and O–H groups in total. The highest BCUT2D eigenvalue weighted by molar-refractivity contribution is 6.46. The summed E-state index contributed by atoms with van der Waals surface area (Å²) in [5, 5.41) is 5.71. The first-order valence-corrected chi connectivity index (χ1v) is 16.4. The number of nitrogens with zero attached hydrogens (tertiary/aromatic N) is 2. The zero-order valence-electron chi connectivity index (χ0n) is 26.3. The highest BCUT2D eigenvalue weighted by Gasteiger charge is 2.24. The van der Waals surface area contributed by atoms with E-state index in [-0.39, 0.29) is 17.3 Å². The molecule has 1 aliphatic carbocycles. The van der Waals surface area contributed by atoms with Crippen LogP contribution in [0.3, 0.4) is 0 Å². The van der Waals surface area contributed by atoms with Gasteiger partial charge in [0, 0.05) is 45.9 Å². The van der Waals surface area contributed by atoms with Gasteiger partial charge in [-0.15, -0.1) is 0 Å². The van der Waals surface area contributed by atoms with Gasteiger partial charge in [-0.2, -0.15) is 0 Å². The molecular weight excluding hydrogens is 564 g/mol. The van der Waals surface area contributed by atoms with Crippen molar-refractivity contribution in [1.82, 2.24) is 4.57 Å². The molecule has 0 aliphatic heterocycles. The smallest absolute Gasteiger partial charge is 0.341 e. The normalized spacial score (nSPS) is 14.1. The molecule has 45 heavy (non-hydrogen) atoms. The van der Waals surface area contributed by atoms with E-state index in [1.807, 2.05) is 31.2 Å². The zero-order valence-corrected chi connectivity index (χ0v) is 26.3. The third-order valence-corrected chi connectivity index (χ3v) is 8.94. The number of aromatic nitrogens is 1. The van der Waals surface area contributed by atoms with Crippen molar-refractivity contribution in [2.24, 2.45) is 11.1 Å². The van der Waals surface area contributed by atoms with Gasteiger partial charge in [0.2, 0.25) is 17.3 Å². The molecule has 0 amide bonds. The molecule has 1 aromatic heterocycles. The standard InChI is InChI=1S/C38H42N2O5/c1-3-5-6-13-18-32(39-45-38(44)27-16-11-8-12-17-27)36(42)28-19-21-33-30(24-28)31-25-29(20-22-34(31)40(33)4-2)37(43)35(41)23-26-14-9-7-10-15-26/h8,11-12,16-17,19-22,24-26H,3-7,9-10,13-15,18,23H2,1-2H3. The quantitative estimate of drug-likeness (QED) is 0.0357. The Morgan fingerprint density at radius 2 is 1.40 bits per heavy atom. The van der Waals surface area contributed by atoms with Gasteiger partial charge in [0.15, 0.2) is 0 Å². The second kappa shape index (κ2) is 15.1. The minimum atomic E-state index is -0.619. The van der Waals surface area contributed by atoms with Crippen molar-refractivity contribution in [2.75, 3.05) is 0 Å². The Hall–Kier alpha value is -4.39. The Labute approximate surface area is 264 Å². The van der Waals surface area contributed by atoms with E-state index < -0.39 is 11.8 Å². The molecule has 0 atom stereocenters. The van der Waals surface area contributed by atoms with E-state index in [2.05, 4.69) is 16.6 Å². The molecule has 5 rings (SSSR count). The van der Waals surface area contributed by atoms with E-state index in [1.54, 1.807) is 42.5 Å². The molecule has 0 unspecified atom stereocenters. The number of hydrogen-bond acceptors (Lipinski definition) is 6. The summed E-state index contributed by atoms with van der Waals surface area (Å²) >= 11 is 0. The van der Waals surface area contributed by atoms with Crippen molar-refractivity contribution in [1.29, 1.82) is 0 Å². The second-order valence-corrected chi connectivity index (χ2v) is 12.1. The van der Waals surface area contributed by atoms with E-state index >= 15 is 0 Å². The number of aryl methyl sites for hydroxylation is 1. The molecule has 0 saturated heterocycles.